The van der Waals surface area contributed by atoms with Gasteiger partial charge in [-0.15, -0.1) is 0 Å². The molecule has 73 heavy (non-hydrogen) atoms. The van der Waals surface area contributed by atoms with Crippen LogP contribution in [-0.2, 0) is 67.1 Å². The number of pyridine rings is 2. The number of aryl methyl sites for hydroxylation is 2. The number of nitrogens with zero attached hydrogens (tertiary/aromatic N) is 8. The van der Waals surface area contributed by atoms with Crippen molar-refractivity contribution in [3.8, 4) is 11.5 Å². The fourth-order valence-corrected chi connectivity index (χ4v) is 11.8. The van der Waals surface area contributed by atoms with Gasteiger partial charge in [0.25, 0.3) is 0 Å². The zero-order valence-electron chi connectivity index (χ0n) is 45.2. The maximum atomic E-state index is 12.5. The summed E-state index contributed by atoms with van der Waals surface area (Å²) in [6.07, 6.45) is 18.1. The Morgan fingerprint density at radius 3 is 1.64 bits per heavy atom. The molecule has 0 spiro atoms. The van der Waals surface area contributed by atoms with E-state index in [1.54, 1.807) is 0 Å². The molecule has 4 aromatic heterocycles. The summed E-state index contributed by atoms with van der Waals surface area (Å²) in [5.74, 6) is 2.17. The number of aromatic nitrogens is 6. The Bertz CT molecular complexity index is 2370. The molecule has 398 valence electrons. The SMILES string of the molecule is CN(CC(=O)NC(C)(C)C)c1nc(-c2ccc(CCOC3CCCCO3)cn2)nc2c1CCC2.CN(CC(=O)NC(C)(C)C)c1nc(Cl)nc2c1CCC2.C[CH](C)[Sn][c]1ccc(CCOC2CCCCO2)cn1. The molecule has 2 saturated heterocycles. The van der Waals surface area contributed by atoms with Gasteiger partial charge < -0.3 is 29.9 Å². The number of nitrogens with one attached hydrogen (secondary N) is 2. The molecule has 18 heteroatoms. The van der Waals surface area contributed by atoms with Gasteiger partial charge in [-0.2, -0.15) is 0 Å². The van der Waals surface area contributed by atoms with Crippen molar-refractivity contribution in [2.24, 2.45) is 0 Å². The second-order valence-corrected chi connectivity index (χ2v) is 27.7. The third kappa shape index (κ3) is 19.9. The van der Waals surface area contributed by atoms with Gasteiger partial charge in [0.05, 0.1) is 25.4 Å². The third-order valence-corrected chi connectivity index (χ3v) is 15.8. The standard InChI is InChI=1S/C26H37N5O3.C14H21ClN4O.C12H16NO2.C3H7.Sn/c1-26(2,3)30-22(32)17-31(4)25-19-8-7-9-20(19)28-24(29-25)21-12-11-18(16-27-21)13-15-34-23-10-5-6-14-33-23;1-14(2,3)18-11(20)8-19(4)12-9-6-5-7-10(9)16-13(15)17-12;1-2-8-14-12(5-1)15-9-6-11-4-3-7-13-10-11;1-3-2;/h11-12,16,23H,5-10,13-15,17H2,1-4H3,(H,30,32);5-8H2,1-4H3,(H,18,20);3-4,10,12H,1-2,5-6,8-9H2;3H,1-2H3;. The van der Waals surface area contributed by atoms with Crippen LogP contribution in [0.1, 0.15) is 140 Å². The van der Waals surface area contributed by atoms with Crippen molar-refractivity contribution in [1.82, 2.24) is 40.5 Å². The van der Waals surface area contributed by atoms with Crippen LogP contribution in [-0.4, -0.2) is 140 Å². The second kappa shape index (κ2) is 28.2. The average molecular weight is 1130 g/mol. The van der Waals surface area contributed by atoms with E-state index in [-0.39, 0.29) is 53.8 Å². The Kier molecular flexibility index (Phi) is 22.5. The number of likely N-dealkylation sites (N-methyl/N-ethyl adjacent to an activating group) is 2. The van der Waals surface area contributed by atoms with Crippen molar-refractivity contribution >= 4 is 59.9 Å². The molecular formula is C55H81ClN10O6Sn. The monoisotopic (exact) mass is 1130 g/mol. The number of fused-ring (bicyclic) bond motifs is 2. The molecule has 2 atom stereocenters. The Morgan fingerprint density at radius 2 is 1.19 bits per heavy atom. The number of hydrogen-bond donors (Lipinski definition) is 2. The molecule has 4 aliphatic rings. The summed E-state index contributed by atoms with van der Waals surface area (Å²) in [6, 6.07) is 8.44. The summed E-state index contributed by atoms with van der Waals surface area (Å²) in [4.78, 5) is 55.7. The van der Waals surface area contributed by atoms with Gasteiger partial charge in [-0.3, -0.25) is 14.6 Å². The number of amides is 2. The number of rotatable bonds is 17. The molecule has 2 aliphatic heterocycles. The van der Waals surface area contributed by atoms with Gasteiger partial charge in [-0.25, -0.2) is 19.9 Å². The van der Waals surface area contributed by atoms with Gasteiger partial charge in [-0.1, -0.05) is 6.07 Å². The van der Waals surface area contributed by atoms with E-state index in [0.29, 0.717) is 12.4 Å². The Balaban J connectivity index is 0.000000191. The summed E-state index contributed by atoms with van der Waals surface area (Å²) in [7, 11) is 3.78. The summed E-state index contributed by atoms with van der Waals surface area (Å²) < 4.78 is 24.9. The van der Waals surface area contributed by atoms with Gasteiger partial charge in [0.2, 0.25) is 17.1 Å². The molecule has 0 saturated carbocycles. The van der Waals surface area contributed by atoms with Crippen molar-refractivity contribution < 1.29 is 28.5 Å². The van der Waals surface area contributed by atoms with Crippen molar-refractivity contribution in [1.29, 1.82) is 0 Å². The quantitative estimate of drug-likeness (QED) is 0.0774. The number of halogens is 1. The minimum atomic E-state index is -0.467. The first-order valence-corrected chi connectivity index (χ1v) is 29.9. The molecule has 0 aromatic carbocycles. The van der Waals surface area contributed by atoms with Crippen LogP contribution in [0.3, 0.4) is 0 Å². The first-order chi connectivity index (χ1) is 34.8. The average Bonchev–Trinajstić information content (AvgIpc) is 4.02. The Hall–Kier alpha value is -4.07. The molecule has 8 rings (SSSR count). The van der Waals surface area contributed by atoms with Crippen LogP contribution in [0.15, 0.2) is 36.7 Å². The van der Waals surface area contributed by atoms with Crippen molar-refractivity contribution in [2.45, 2.75) is 173 Å². The zero-order chi connectivity index (χ0) is 52.5. The number of hydrogen-bond acceptors (Lipinski definition) is 14. The molecule has 2 fully saturated rings. The van der Waals surface area contributed by atoms with Gasteiger partial charge >= 0.3 is 126 Å². The summed E-state index contributed by atoms with van der Waals surface area (Å²) in [5, 5.41) is 6.22. The zero-order valence-corrected chi connectivity index (χ0v) is 48.9. The van der Waals surface area contributed by atoms with Gasteiger partial charge in [-0.05, 0) is 129 Å². The fraction of sp³-hybridized carbons (Fsp3) is 0.636. The topological polar surface area (TPSA) is 179 Å². The molecule has 4 aromatic rings. The molecule has 2 unspecified atom stereocenters. The first kappa shape index (κ1) is 58.2. The third-order valence-electron chi connectivity index (χ3n) is 12.3. The van der Waals surface area contributed by atoms with E-state index in [1.165, 1.54) is 28.5 Å². The predicted octanol–water partition coefficient (Wildman–Crippen LogP) is 7.76. The summed E-state index contributed by atoms with van der Waals surface area (Å²) in [6.45, 7) is 19.9. The molecule has 2 radical (unpaired) electrons. The minimum absolute atomic E-state index is 0.0229. The van der Waals surface area contributed by atoms with E-state index in [9.17, 15) is 9.59 Å². The number of carbonyl (C=O) groups is 2. The number of anilines is 2. The van der Waals surface area contributed by atoms with Gasteiger partial charge in [0.15, 0.2) is 12.1 Å². The molecule has 16 nitrogen and oxygen atoms in total. The Morgan fingerprint density at radius 1 is 0.685 bits per heavy atom. The van der Waals surface area contributed by atoms with Crippen molar-refractivity contribution in [3.63, 3.8) is 0 Å². The Labute approximate surface area is 449 Å². The predicted molar refractivity (Wildman–Crippen MR) is 290 cm³/mol. The van der Waals surface area contributed by atoms with Crippen LogP contribution in [0.25, 0.3) is 11.5 Å². The van der Waals surface area contributed by atoms with E-state index >= 15 is 0 Å². The maximum absolute atomic E-state index is 12.5. The second-order valence-electron chi connectivity index (χ2n) is 21.8. The first-order valence-electron chi connectivity index (χ1n) is 26.4. The summed E-state index contributed by atoms with van der Waals surface area (Å²) >= 11 is 5.50. The van der Waals surface area contributed by atoms with E-state index < -0.39 is 21.1 Å². The van der Waals surface area contributed by atoms with Gasteiger partial charge in [0, 0.05) is 54.8 Å². The number of carbonyl (C=O) groups excluding carboxylic acids is 2. The van der Waals surface area contributed by atoms with E-state index in [2.05, 4.69) is 62.6 Å². The van der Waals surface area contributed by atoms with Gasteiger partial charge in [0.1, 0.15) is 17.3 Å². The molecule has 2 amide bonds. The van der Waals surface area contributed by atoms with Crippen LogP contribution < -0.4 is 24.1 Å². The van der Waals surface area contributed by atoms with E-state index in [0.717, 1.165) is 140 Å². The molecule has 6 heterocycles. The van der Waals surface area contributed by atoms with E-state index in [1.807, 2.05) is 83.9 Å². The van der Waals surface area contributed by atoms with Crippen LogP contribution in [0.4, 0.5) is 11.6 Å². The van der Waals surface area contributed by atoms with Crippen LogP contribution >= 0.6 is 11.6 Å². The normalized spacial score (nSPS) is 17.4. The van der Waals surface area contributed by atoms with Crippen molar-refractivity contribution in [3.05, 3.63) is 75.6 Å². The molecule has 0 bridgehead atoms. The molecule has 2 N–H and O–H groups in total. The van der Waals surface area contributed by atoms with Crippen LogP contribution in [0, 0.1) is 0 Å². The molecule has 2 aliphatic carbocycles. The summed E-state index contributed by atoms with van der Waals surface area (Å²) in [5.41, 5.74) is 6.97. The number of ether oxygens (including phenoxy) is 4. The fourth-order valence-electron chi connectivity index (χ4n) is 9.00. The van der Waals surface area contributed by atoms with Crippen molar-refractivity contribution in [2.75, 3.05) is 63.4 Å². The van der Waals surface area contributed by atoms with E-state index in [4.69, 9.17) is 40.5 Å². The van der Waals surface area contributed by atoms with Crippen LogP contribution in [0.5, 0.6) is 0 Å². The molecular weight excluding hydrogens is 1050 g/mol. The van der Waals surface area contributed by atoms with Crippen LogP contribution in [0.2, 0.25) is 9.22 Å².